The van der Waals surface area contributed by atoms with Crippen LogP contribution in [0.15, 0.2) is 30.3 Å². The highest BCUT2D eigenvalue weighted by atomic mass is 16.1. The molecule has 3 aromatic rings. The Morgan fingerprint density at radius 3 is 2.79 bits per heavy atom. The van der Waals surface area contributed by atoms with Crippen LogP contribution in [-0.4, -0.2) is 22.3 Å². The average Bonchev–Trinajstić information content (AvgIpc) is 3.11. The number of carbonyl (C=O) groups excluding carboxylic acids is 1. The van der Waals surface area contributed by atoms with Gasteiger partial charge < -0.3 is 9.88 Å². The van der Waals surface area contributed by atoms with Gasteiger partial charge in [0.15, 0.2) is 5.78 Å². The Bertz CT molecular complexity index is 916. The van der Waals surface area contributed by atoms with E-state index in [1.54, 1.807) is 6.92 Å². The summed E-state index contributed by atoms with van der Waals surface area (Å²) in [6.07, 6.45) is 0.981. The van der Waals surface area contributed by atoms with Crippen molar-refractivity contribution in [3.63, 3.8) is 0 Å². The molecule has 24 heavy (non-hydrogen) atoms. The zero-order valence-corrected chi connectivity index (χ0v) is 14.3. The fourth-order valence-corrected chi connectivity index (χ4v) is 3.43. The van der Waals surface area contributed by atoms with Gasteiger partial charge in [-0.25, -0.2) is 4.98 Å². The van der Waals surface area contributed by atoms with Crippen molar-refractivity contribution in [1.29, 1.82) is 0 Å². The number of nitrogens with zero attached hydrogens (tertiary/aromatic N) is 2. The molecule has 0 saturated heterocycles. The third-order valence-corrected chi connectivity index (χ3v) is 4.96. The van der Waals surface area contributed by atoms with E-state index in [4.69, 9.17) is 4.98 Å². The summed E-state index contributed by atoms with van der Waals surface area (Å²) in [5, 5.41) is 0. The van der Waals surface area contributed by atoms with Crippen molar-refractivity contribution >= 4 is 22.5 Å². The summed E-state index contributed by atoms with van der Waals surface area (Å²) in [4.78, 5) is 22.1. The first-order valence-corrected chi connectivity index (χ1v) is 8.36. The minimum atomic E-state index is 0.124. The molecule has 1 N–H and O–H groups in total. The normalized spacial score (nSPS) is 13.5. The van der Waals surface area contributed by atoms with Gasteiger partial charge in [0.25, 0.3) is 0 Å². The lowest BCUT2D eigenvalue weighted by Gasteiger charge is -2.18. The predicted molar refractivity (Wildman–Crippen MR) is 96.8 cm³/mol. The number of Topliss-reactive ketones (excluding diaryl/α,β-unsaturated/α-hetero) is 1. The molecule has 4 rings (SSSR count). The van der Waals surface area contributed by atoms with Crippen LogP contribution in [0.3, 0.4) is 0 Å². The molecular weight excluding hydrogens is 298 g/mol. The maximum atomic E-state index is 11.5. The van der Waals surface area contributed by atoms with Crippen LogP contribution in [0.25, 0.3) is 11.0 Å². The fourth-order valence-electron chi connectivity index (χ4n) is 3.43. The highest BCUT2D eigenvalue weighted by Crippen LogP contribution is 2.30. The van der Waals surface area contributed by atoms with Crippen molar-refractivity contribution in [2.24, 2.45) is 0 Å². The third kappa shape index (κ3) is 2.48. The fraction of sp³-hybridized carbons (Fsp3) is 0.300. The van der Waals surface area contributed by atoms with Gasteiger partial charge in [0.05, 0.1) is 17.6 Å². The summed E-state index contributed by atoms with van der Waals surface area (Å²) in [5.74, 6) is 1.11. The van der Waals surface area contributed by atoms with Crippen LogP contribution < -0.4 is 4.90 Å². The van der Waals surface area contributed by atoms with E-state index in [0.717, 1.165) is 41.9 Å². The summed E-state index contributed by atoms with van der Waals surface area (Å²) in [6, 6.07) is 10.3. The number of nitrogens with one attached hydrogen (secondary N) is 1. The summed E-state index contributed by atoms with van der Waals surface area (Å²) >= 11 is 0. The zero-order valence-electron chi connectivity index (χ0n) is 14.3. The topological polar surface area (TPSA) is 49.0 Å². The number of ketones is 1. The molecule has 0 bridgehead atoms. The number of aryl methyl sites for hydroxylation is 2. The molecule has 0 aliphatic carbocycles. The van der Waals surface area contributed by atoms with E-state index in [2.05, 4.69) is 41.9 Å². The number of carbonyl (C=O) groups is 1. The summed E-state index contributed by atoms with van der Waals surface area (Å²) < 4.78 is 0. The van der Waals surface area contributed by atoms with Gasteiger partial charge >= 0.3 is 0 Å². The van der Waals surface area contributed by atoms with Gasteiger partial charge in [0.1, 0.15) is 5.82 Å². The molecule has 0 radical (unpaired) electrons. The minimum Gasteiger partial charge on any atom is -0.364 e. The summed E-state index contributed by atoms with van der Waals surface area (Å²) in [7, 11) is 0. The molecule has 0 amide bonds. The molecule has 0 atom stereocenters. The Balaban J connectivity index is 1.62. The van der Waals surface area contributed by atoms with Crippen LogP contribution in [0, 0.1) is 13.8 Å². The number of H-pyrrole nitrogens is 1. The lowest BCUT2D eigenvalue weighted by Crippen LogP contribution is -2.20. The largest absolute Gasteiger partial charge is 0.364 e. The molecule has 4 heteroatoms. The number of aromatic amines is 1. The van der Waals surface area contributed by atoms with E-state index in [0.29, 0.717) is 0 Å². The Labute approximate surface area is 141 Å². The van der Waals surface area contributed by atoms with E-state index in [1.807, 2.05) is 12.1 Å². The maximum Gasteiger partial charge on any atom is 0.159 e. The first-order chi connectivity index (χ1) is 11.5. The molecule has 2 heterocycles. The van der Waals surface area contributed by atoms with Crippen molar-refractivity contribution in [2.45, 2.75) is 33.7 Å². The SMILES string of the molecule is CC(=O)c1ccc2c(c1)CCN2Cc1nc2cc(C)c(C)cc2[nH]1. The maximum absolute atomic E-state index is 11.5. The van der Waals surface area contributed by atoms with Crippen molar-refractivity contribution in [3.05, 3.63) is 58.4 Å². The van der Waals surface area contributed by atoms with Crippen LogP contribution in [0.5, 0.6) is 0 Å². The van der Waals surface area contributed by atoms with Gasteiger partial charge in [-0.3, -0.25) is 4.79 Å². The summed E-state index contributed by atoms with van der Waals surface area (Å²) in [5.41, 5.74) is 7.94. The van der Waals surface area contributed by atoms with Crippen LogP contribution in [0.1, 0.15) is 39.8 Å². The lowest BCUT2D eigenvalue weighted by molar-refractivity contribution is 0.101. The number of anilines is 1. The number of benzene rings is 2. The predicted octanol–water partition coefficient (Wildman–Crippen LogP) is 3.95. The number of rotatable bonds is 3. The molecule has 4 nitrogen and oxygen atoms in total. The standard InChI is InChI=1S/C20H21N3O/c1-12-8-17-18(9-13(12)2)22-20(21-17)11-23-7-6-16-10-15(14(3)24)4-5-19(16)23/h4-5,8-10H,6-7,11H2,1-3H3,(H,21,22). The Morgan fingerprint density at radius 1 is 1.21 bits per heavy atom. The second-order valence-electron chi connectivity index (χ2n) is 6.71. The van der Waals surface area contributed by atoms with E-state index < -0.39 is 0 Å². The number of hydrogen-bond donors (Lipinski definition) is 1. The molecule has 0 spiro atoms. The lowest BCUT2D eigenvalue weighted by atomic mass is 10.1. The highest BCUT2D eigenvalue weighted by Gasteiger charge is 2.21. The Kier molecular flexibility index (Phi) is 3.41. The van der Waals surface area contributed by atoms with Crippen LogP contribution >= 0.6 is 0 Å². The van der Waals surface area contributed by atoms with Gasteiger partial charge in [-0.2, -0.15) is 0 Å². The van der Waals surface area contributed by atoms with E-state index in [9.17, 15) is 4.79 Å². The first kappa shape index (κ1) is 14.9. The van der Waals surface area contributed by atoms with Crippen molar-refractivity contribution in [2.75, 3.05) is 11.4 Å². The van der Waals surface area contributed by atoms with E-state index in [-0.39, 0.29) is 5.78 Å². The molecule has 0 unspecified atom stereocenters. The van der Waals surface area contributed by atoms with Gasteiger partial charge in [0, 0.05) is 17.8 Å². The Hall–Kier alpha value is -2.62. The molecular formula is C20H21N3O. The molecule has 1 aliphatic heterocycles. The summed E-state index contributed by atoms with van der Waals surface area (Å²) in [6.45, 7) is 7.59. The second kappa shape index (κ2) is 5.48. The van der Waals surface area contributed by atoms with E-state index >= 15 is 0 Å². The van der Waals surface area contributed by atoms with E-state index in [1.165, 1.54) is 22.4 Å². The van der Waals surface area contributed by atoms with Crippen LogP contribution in [0.4, 0.5) is 5.69 Å². The van der Waals surface area contributed by atoms with Gasteiger partial charge in [-0.15, -0.1) is 0 Å². The monoisotopic (exact) mass is 319 g/mol. The van der Waals surface area contributed by atoms with Crippen molar-refractivity contribution in [1.82, 2.24) is 9.97 Å². The zero-order chi connectivity index (χ0) is 16.8. The molecule has 2 aromatic carbocycles. The smallest absolute Gasteiger partial charge is 0.159 e. The molecule has 0 saturated carbocycles. The number of fused-ring (bicyclic) bond motifs is 2. The number of hydrogen-bond acceptors (Lipinski definition) is 3. The van der Waals surface area contributed by atoms with Crippen LogP contribution in [0.2, 0.25) is 0 Å². The van der Waals surface area contributed by atoms with Gasteiger partial charge in [0.2, 0.25) is 0 Å². The number of imidazole rings is 1. The average molecular weight is 319 g/mol. The minimum absolute atomic E-state index is 0.124. The molecule has 1 aromatic heterocycles. The second-order valence-corrected chi connectivity index (χ2v) is 6.71. The van der Waals surface area contributed by atoms with Gasteiger partial charge in [-0.05, 0) is 74.2 Å². The van der Waals surface area contributed by atoms with Crippen LogP contribution in [-0.2, 0) is 13.0 Å². The molecule has 1 aliphatic rings. The number of aromatic nitrogens is 2. The molecule has 0 fully saturated rings. The highest BCUT2D eigenvalue weighted by molar-refractivity contribution is 5.94. The van der Waals surface area contributed by atoms with Crippen molar-refractivity contribution < 1.29 is 4.79 Å². The quantitative estimate of drug-likeness (QED) is 0.744. The van der Waals surface area contributed by atoms with Crippen molar-refractivity contribution in [3.8, 4) is 0 Å². The third-order valence-electron chi connectivity index (χ3n) is 4.96. The first-order valence-electron chi connectivity index (χ1n) is 8.36. The Morgan fingerprint density at radius 2 is 2.00 bits per heavy atom. The molecule has 122 valence electrons. The van der Waals surface area contributed by atoms with Gasteiger partial charge in [-0.1, -0.05) is 0 Å².